The third-order valence-electron chi connectivity index (χ3n) is 3.69. The van der Waals surface area contributed by atoms with Crippen LogP contribution in [-0.2, 0) is 21.4 Å². The third kappa shape index (κ3) is 2.69. The molecule has 0 unspecified atom stereocenters. The van der Waals surface area contributed by atoms with E-state index >= 15 is 0 Å². The van der Waals surface area contributed by atoms with Crippen LogP contribution in [-0.4, -0.2) is 42.0 Å². The molecule has 6 nitrogen and oxygen atoms in total. The second kappa shape index (κ2) is 5.14. The molecule has 3 rings (SSSR count). The van der Waals surface area contributed by atoms with Crippen LogP contribution in [0.5, 0.6) is 0 Å². The van der Waals surface area contributed by atoms with Crippen molar-refractivity contribution in [3.63, 3.8) is 0 Å². The van der Waals surface area contributed by atoms with E-state index in [2.05, 4.69) is 10.3 Å². The van der Waals surface area contributed by atoms with Crippen molar-refractivity contribution in [3.05, 3.63) is 30.1 Å². The van der Waals surface area contributed by atoms with Crippen molar-refractivity contribution in [1.29, 1.82) is 0 Å². The van der Waals surface area contributed by atoms with Gasteiger partial charge >= 0.3 is 0 Å². The molecule has 2 fully saturated rings. The number of carbonyl (C=O) groups excluding carboxylic acids is 1. The molecule has 1 aliphatic carbocycles. The predicted molar refractivity (Wildman–Crippen MR) is 73.1 cm³/mol. The van der Waals surface area contributed by atoms with Gasteiger partial charge in [0.05, 0.1) is 23.4 Å². The summed E-state index contributed by atoms with van der Waals surface area (Å²) in [6.07, 6.45) is 3.19. The molecule has 0 spiro atoms. The second-order valence-corrected chi connectivity index (χ2v) is 7.51. The fraction of sp³-hybridized carbons (Fsp3) is 0.538. The molecule has 0 aromatic carbocycles. The van der Waals surface area contributed by atoms with Crippen molar-refractivity contribution < 1.29 is 13.2 Å². The van der Waals surface area contributed by atoms with Crippen molar-refractivity contribution in [3.8, 4) is 0 Å². The van der Waals surface area contributed by atoms with Crippen LogP contribution in [0.15, 0.2) is 24.4 Å². The highest BCUT2D eigenvalue weighted by Crippen LogP contribution is 2.34. The van der Waals surface area contributed by atoms with Gasteiger partial charge in [0.1, 0.15) is 0 Å². The lowest BCUT2D eigenvalue weighted by atomic mass is 10.0. The molecule has 1 saturated carbocycles. The van der Waals surface area contributed by atoms with Crippen molar-refractivity contribution in [1.82, 2.24) is 14.6 Å². The highest BCUT2D eigenvalue weighted by molar-refractivity contribution is 7.90. The number of amides is 1. The Morgan fingerprint density at radius 3 is 2.70 bits per heavy atom. The number of nitrogens with one attached hydrogen (secondary N) is 1. The Morgan fingerprint density at radius 1 is 1.35 bits per heavy atom. The van der Waals surface area contributed by atoms with Gasteiger partial charge in [-0.25, -0.2) is 8.42 Å². The van der Waals surface area contributed by atoms with Gasteiger partial charge in [-0.2, -0.15) is 4.31 Å². The zero-order valence-corrected chi connectivity index (χ0v) is 11.8. The summed E-state index contributed by atoms with van der Waals surface area (Å²) >= 11 is 0. The molecule has 1 amide bonds. The molecule has 108 valence electrons. The molecule has 2 aliphatic rings. The summed E-state index contributed by atoms with van der Waals surface area (Å²) in [7, 11) is -3.12. The first-order valence-corrected chi connectivity index (χ1v) is 8.24. The number of sulfonamides is 1. The van der Waals surface area contributed by atoms with Crippen LogP contribution in [0.1, 0.15) is 18.5 Å². The van der Waals surface area contributed by atoms with E-state index in [0.717, 1.165) is 18.5 Å². The van der Waals surface area contributed by atoms with Gasteiger partial charge in [-0.3, -0.25) is 9.78 Å². The molecular formula is C13H17N3O3S. The van der Waals surface area contributed by atoms with Gasteiger partial charge in [0, 0.05) is 19.3 Å². The lowest BCUT2D eigenvalue weighted by Gasteiger charge is -2.37. The Hall–Kier alpha value is -1.47. The first kappa shape index (κ1) is 13.5. The third-order valence-corrected chi connectivity index (χ3v) is 6.03. The minimum Gasteiger partial charge on any atom is -0.350 e. The van der Waals surface area contributed by atoms with Crippen LogP contribution in [0.25, 0.3) is 0 Å². The molecule has 2 heterocycles. The standard InChI is InChI=1S/C13H17N3O3S/c17-13(15-7-11-3-1-2-6-14-11)10-8-16(9-10)20(18,19)12-4-5-12/h1-3,6,10,12H,4-5,7-9H2,(H,15,17). The number of aromatic nitrogens is 1. The summed E-state index contributed by atoms with van der Waals surface area (Å²) in [6.45, 7) is 1.01. The zero-order chi connectivity index (χ0) is 14.2. The molecule has 1 N–H and O–H groups in total. The molecule has 0 atom stereocenters. The normalized spacial score (nSPS) is 20.4. The Kier molecular flexibility index (Phi) is 3.47. The van der Waals surface area contributed by atoms with Gasteiger partial charge in [0.25, 0.3) is 0 Å². The van der Waals surface area contributed by atoms with E-state index in [1.165, 1.54) is 4.31 Å². The topological polar surface area (TPSA) is 79.4 Å². The van der Waals surface area contributed by atoms with Gasteiger partial charge in [-0.15, -0.1) is 0 Å². The summed E-state index contributed by atoms with van der Waals surface area (Å²) in [5.74, 6) is -0.329. The van der Waals surface area contributed by atoms with E-state index in [1.807, 2.05) is 18.2 Å². The van der Waals surface area contributed by atoms with E-state index in [-0.39, 0.29) is 17.1 Å². The molecule has 1 aliphatic heterocycles. The molecule has 1 aromatic rings. The zero-order valence-electron chi connectivity index (χ0n) is 11.0. The Labute approximate surface area is 118 Å². The highest BCUT2D eigenvalue weighted by Gasteiger charge is 2.46. The highest BCUT2D eigenvalue weighted by atomic mass is 32.2. The summed E-state index contributed by atoms with van der Waals surface area (Å²) < 4.78 is 25.2. The predicted octanol–water partition coefficient (Wildman–Crippen LogP) is 0.122. The Balaban J connectivity index is 1.46. The van der Waals surface area contributed by atoms with Gasteiger partial charge in [0.15, 0.2) is 0 Å². The quantitative estimate of drug-likeness (QED) is 0.837. The van der Waals surface area contributed by atoms with Crippen LogP contribution < -0.4 is 5.32 Å². The average molecular weight is 295 g/mol. The molecule has 0 bridgehead atoms. The van der Waals surface area contributed by atoms with Crippen molar-refractivity contribution in [2.24, 2.45) is 5.92 Å². The summed E-state index contributed by atoms with van der Waals surface area (Å²) in [4.78, 5) is 16.0. The van der Waals surface area contributed by atoms with E-state index < -0.39 is 10.0 Å². The number of hydrogen-bond donors (Lipinski definition) is 1. The molecule has 1 aromatic heterocycles. The lowest BCUT2D eigenvalue weighted by molar-refractivity contribution is -0.128. The molecular weight excluding hydrogens is 278 g/mol. The first-order chi connectivity index (χ1) is 9.57. The summed E-state index contributed by atoms with van der Waals surface area (Å²) in [5, 5.41) is 2.60. The first-order valence-electron chi connectivity index (χ1n) is 6.74. The second-order valence-electron chi connectivity index (χ2n) is 5.30. The van der Waals surface area contributed by atoms with Crippen LogP contribution in [0.4, 0.5) is 0 Å². The van der Waals surface area contributed by atoms with Gasteiger partial charge in [-0.05, 0) is 25.0 Å². The number of rotatable bonds is 5. The molecule has 20 heavy (non-hydrogen) atoms. The van der Waals surface area contributed by atoms with Gasteiger partial charge in [0.2, 0.25) is 15.9 Å². The van der Waals surface area contributed by atoms with E-state index in [1.54, 1.807) is 6.20 Å². The Morgan fingerprint density at radius 2 is 2.10 bits per heavy atom. The maximum atomic E-state index is 11.9. The van der Waals surface area contributed by atoms with Crippen molar-refractivity contribution in [2.75, 3.05) is 13.1 Å². The fourth-order valence-corrected chi connectivity index (χ4v) is 4.14. The van der Waals surface area contributed by atoms with Crippen molar-refractivity contribution in [2.45, 2.75) is 24.6 Å². The maximum absolute atomic E-state index is 11.9. The minimum atomic E-state index is -3.12. The smallest absolute Gasteiger partial charge is 0.226 e. The maximum Gasteiger partial charge on any atom is 0.226 e. The monoisotopic (exact) mass is 295 g/mol. The fourth-order valence-electron chi connectivity index (χ4n) is 2.21. The largest absolute Gasteiger partial charge is 0.350 e. The minimum absolute atomic E-state index is 0.0992. The number of nitrogens with zero attached hydrogens (tertiary/aromatic N) is 2. The number of carbonyl (C=O) groups is 1. The van der Waals surface area contributed by atoms with Crippen LogP contribution >= 0.6 is 0 Å². The van der Waals surface area contributed by atoms with E-state index in [4.69, 9.17) is 0 Å². The van der Waals surface area contributed by atoms with Gasteiger partial charge in [-0.1, -0.05) is 6.07 Å². The molecule has 1 saturated heterocycles. The SMILES string of the molecule is O=C(NCc1ccccn1)C1CN(S(=O)(=O)C2CC2)C1. The van der Waals surface area contributed by atoms with E-state index in [9.17, 15) is 13.2 Å². The van der Waals surface area contributed by atoms with Gasteiger partial charge < -0.3 is 5.32 Å². The lowest BCUT2D eigenvalue weighted by Crippen LogP contribution is -2.56. The number of pyridine rings is 1. The molecule has 7 heteroatoms. The van der Waals surface area contributed by atoms with Crippen molar-refractivity contribution >= 4 is 15.9 Å². The van der Waals surface area contributed by atoms with E-state index in [0.29, 0.717) is 19.6 Å². The van der Waals surface area contributed by atoms with Crippen LogP contribution in [0.3, 0.4) is 0 Å². The van der Waals surface area contributed by atoms with Crippen LogP contribution in [0.2, 0.25) is 0 Å². The Bertz CT molecular complexity index is 593. The summed E-state index contributed by atoms with van der Waals surface area (Å²) in [5.41, 5.74) is 0.794. The average Bonchev–Trinajstić information content (AvgIpc) is 3.20. The van der Waals surface area contributed by atoms with Crippen LogP contribution in [0, 0.1) is 5.92 Å². The summed E-state index contributed by atoms with van der Waals surface area (Å²) in [6, 6.07) is 5.52. The molecule has 0 radical (unpaired) electrons. The number of hydrogen-bond acceptors (Lipinski definition) is 4.